The van der Waals surface area contributed by atoms with Crippen molar-refractivity contribution in [3.8, 4) is 0 Å². The average molecular weight is 418 g/mol. The number of nitro groups is 1. The molecule has 0 spiro atoms. The predicted molar refractivity (Wildman–Crippen MR) is 120 cm³/mol. The number of esters is 1. The Morgan fingerprint density at radius 3 is 2.00 bits per heavy atom. The molecule has 0 saturated heterocycles. The average Bonchev–Trinajstić information content (AvgIpc) is 2.80. The van der Waals surface area contributed by atoms with Crippen LogP contribution in [0.25, 0.3) is 0 Å². The molecular formula is C25H26N2O4. The van der Waals surface area contributed by atoms with E-state index in [2.05, 4.69) is 17.0 Å². The SMILES string of the molecule is COC(=O)c1ccc(CN(CCCc2ccccc2)Cc2ccc([N+](=O)[O-])cc2)cc1. The van der Waals surface area contributed by atoms with E-state index < -0.39 is 0 Å². The Kier molecular flexibility index (Phi) is 7.90. The fourth-order valence-corrected chi connectivity index (χ4v) is 3.47. The number of nitro benzene ring substituents is 1. The minimum absolute atomic E-state index is 0.0952. The van der Waals surface area contributed by atoms with E-state index in [1.54, 1.807) is 24.3 Å². The van der Waals surface area contributed by atoms with Crippen molar-refractivity contribution in [2.45, 2.75) is 25.9 Å². The number of methoxy groups -OCH3 is 1. The van der Waals surface area contributed by atoms with Gasteiger partial charge in [-0.15, -0.1) is 0 Å². The fourth-order valence-electron chi connectivity index (χ4n) is 3.47. The van der Waals surface area contributed by atoms with Crippen LogP contribution >= 0.6 is 0 Å². The van der Waals surface area contributed by atoms with Crippen LogP contribution in [-0.2, 0) is 24.2 Å². The van der Waals surface area contributed by atoms with E-state index in [0.29, 0.717) is 18.7 Å². The molecule has 0 bridgehead atoms. The molecule has 0 atom stereocenters. The highest BCUT2D eigenvalue weighted by atomic mass is 16.6. The summed E-state index contributed by atoms with van der Waals surface area (Å²) in [4.78, 5) is 24.5. The minimum Gasteiger partial charge on any atom is -0.465 e. The highest BCUT2D eigenvalue weighted by molar-refractivity contribution is 5.89. The van der Waals surface area contributed by atoms with Crippen LogP contribution in [0.5, 0.6) is 0 Å². The van der Waals surface area contributed by atoms with Gasteiger partial charge in [0.15, 0.2) is 0 Å². The molecule has 6 nitrogen and oxygen atoms in total. The highest BCUT2D eigenvalue weighted by Gasteiger charge is 2.11. The molecule has 0 amide bonds. The molecular weight excluding hydrogens is 392 g/mol. The molecule has 0 radical (unpaired) electrons. The zero-order chi connectivity index (χ0) is 22.1. The Morgan fingerprint density at radius 1 is 0.871 bits per heavy atom. The van der Waals surface area contributed by atoms with Crippen LogP contribution in [0, 0.1) is 10.1 Å². The van der Waals surface area contributed by atoms with E-state index in [9.17, 15) is 14.9 Å². The number of rotatable bonds is 10. The van der Waals surface area contributed by atoms with Crippen LogP contribution in [0.15, 0.2) is 78.9 Å². The molecule has 0 aliphatic rings. The maximum absolute atomic E-state index is 11.7. The zero-order valence-electron chi connectivity index (χ0n) is 17.6. The van der Waals surface area contributed by atoms with Gasteiger partial charge in [0.25, 0.3) is 5.69 Å². The van der Waals surface area contributed by atoms with Crippen molar-refractivity contribution in [1.82, 2.24) is 4.90 Å². The Morgan fingerprint density at radius 2 is 1.45 bits per heavy atom. The summed E-state index contributed by atoms with van der Waals surface area (Å²) in [6.45, 7) is 2.28. The number of non-ortho nitro benzene ring substituents is 1. The smallest absolute Gasteiger partial charge is 0.337 e. The standard InChI is InChI=1S/C25H26N2O4/c1-31-25(28)23-13-9-21(10-14-23)18-26(17-5-8-20-6-3-2-4-7-20)19-22-11-15-24(16-12-22)27(29)30/h2-4,6-7,9-16H,5,8,17-19H2,1H3. The topological polar surface area (TPSA) is 72.7 Å². The van der Waals surface area contributed by atoms with Crippen molar-refractivity contribution >= 4 is 11.7 Å². The van der Waals surface area contributed by atoms with Gasteiger partial charge in [-0.3, -0.25) is 15.0 Å². The highest BCUT2D eigenvalue weighted by Crippen LogP contribution is 2.16. The molecule has 0 saturated carbocycles. The largest absolute Gasteiger partial charge is 0.465 e. The first-order valence-corrected chi connectivity index (χ1v) is 10.2. The lowest BCUT2D eigenvalue weighted by atomic mass is 10.1. The van der Waals surface area contributed by atoms with Gasteiger partial charge in [0.1, 0.15) is 0 Å². The third-order valence-electron chi connectivity index (χ3n) is 5.12. The third kappa shape index (κ3) is 6.76. The maximum atomic E-state index is 11.7. The van der Waals surface area contributed by atoms with Gasteiger partial charge in [0.05, 0.1) is 17.6 Å². The van der Waals surface area contributed by atoms with Gasteiger partial charge < -0.3 is 4.74 Å². The summed E-state index contributed by atoms with van der Waals surface area (Å²) in [6.07, 6.45) is 1.98. The fraction of sp³-hybridized carbons (Fsp3) is 0.240. The first-order valence-electron chi connectivity index (χ1n) is 10.2. The number of hydrogen-bond donors (Lipinski definition) is 0. The van der Waals surface area contributed by atoms with Gasteiger partial charge in [0.2, 0.25) is 0 Å². The second-order valence-electron chi connectivity index (χ2n) is 7.41. The van der Waals surface area contributed by atoms with E-state index in [1.807, 2.05) is 42.5 Å². The second-order valence-corrected chi connectivity index (χ2v) is 7.41. The number of nitrogens with zero attached hydrogens (tertiary/aromatic N) is 2. The van der Waals surface area contributed by atoms with Crippen molar-refractivity contribution in [1.29, 1.82) is 0 Å². The van der Waals surface area contributed by atoms with Crippen molar-refractivity contribution in [3.63, 3.8) is 0 Å². The minimum atomic E-state index is -0.385. The van der Waals surface area contributed by atoms with Gasteiger partial charge in [-0.05, 0) is 48.2 Å². The van der Waals surface area contributed by atoms with Crippen molar-refractivity contribution in [2.75, 3.05) is 13.7 Å². The van der Waals surface area contributed by atoms with E-state index in [-0.39, 0.29) is 16.6 Å². The first-order chi connectivity index (χ1) is 15.0. The number of hydrogen-bond acceptors (Lipinski definition) is 5. The molecule has 0 aromatic heterocycles. The summed E-state index contributed by atoms with van der Waals surface area (Å²) in [5, 5.41) is 10.9. The van der Waals surface area contributed by atoms with Crippen LogP contribution in [0.4, 0.5) is 5.69 Å². The van der Waals surface area contributed by atoms with Crippen LogP contribution in [0.2, 0.25) is 0 Å². The van der Waals surface area contributed by atoms with Gasteiger partial charge in [-0.25, -0.2) is 4.79 Å². The maximum Gasteiger partial charge on any atom is 0.337 e. The summed E-state index contributed by atoms with van der Waals surface area (Å²) in [6, 6.07) is 24.5. The van der Waals surface area contributed by atoms with Gasteiger partial charge >= 0.3 is 5.97 Å². The second kappa shape index (κ2) is 11.0. The molecule has 3 aromatic carbocycles. The summed E-state index contributed by atoms with van der Waals surface area (Å²) in [5.74, 6) is -0.350. The van der Waals surface area contributed by atoms with Crippen LogP contribution in [-0.4, -0.2) is 29.4 Å². The third-order valence-corrected chi connectivity index (χ3v) is 5.12. The molecule has 0 N–H and O–H groups in total. The van der Waals surface area contributed by atoms with E-state index >= 15 is 0 Å². The molecule has 0 aliphatic carbocycles. The Bertz CT molecular complexity index is 986. The summed E-state index contributed by atoms with van der Waals surface area (Å²) in [7, 11) is 1.37. The van der Waals surface area contributed by atoms with Crippen molar-refractivity contribution in [3.05, 3.63) is 111 Å². The summed E-state index contributed by atoms with van der Waals surface area (Å²) in [5.41, 5.74) is 4.04. The zero-order valence-corrected chi connectivity index (χ0v) is 17.6. The Hall–Kier alpha value is -3.51. The molecule has 0 heterocycles. The van der Waals surface area contributed by atoms with E-state index in [4.69, 9.17) is 4.74 Å². The molecule has 0 aliphatic heterocycles. The lowest BCUT2D eigenvalue weighted by Gasteiger charge is -2.23. The number of carbonyl (C=O) groups is 1. The summed E-state index contributed by atoms with van der Waals surface area (Å²) < 4.78 is 4.76. The predicted octanol–water partition coefficient (Wildman–Crippen LogP) is 5.02. The number of aryl methyl sites for hydroxylation is 1. The summed E-state index contributed by atoms with van der Waals surface area (Å²) >= 11 is 0. The molecule has 0 unspecified atom stereocenters. The molecule has 31 heavy (non-hydrogen) atoms. The lowest BCUT2D eigenvalue weighted by molar-refractivity contribution is -0.384. The molecule has 3 rings (SSSR count). The normalized spacial score (nSPS) is 10.8. The number of benzene rings is 3. The van der Waals surface area contributed by atoms with Crippen LogP contribution in [0.3, 0.4) is 0 Å². The van der Waals surface area contributed by atoms with E-state index in [1.165, 1.54) is 12.7 Å². The lowest BCUT2D eigenvalue weighted by Crippen LogP contribution is -2.24. The Labute approximate surface area is 182 Å². The molecule has 0 fully saturated rings. The first kappa shape index (κ1) is 22.2. The van der Waals surface area contributed by atoms with Crippen LogP contribution in [0.1, 0.15) is 33.5 Å². The van der Waals surface area contributed by atoms with Crippen molar-refractivity contribution < 1.29 is 14.5 Å². The monoisotopic (exact) mass is 418 g/mol. The van der Waals surface area contributed by atoms with Crippen molar-refractivity contribution in [2.24, 2.45) is 0 Å². The van der Waals surface area contributed by atoms with E-state index in [0.717, 1.165) is 30.5 Å². The van der Waals surface area contributed by atoms with Crippen LogP contribution < -0.4 is 0 Å². The molecule has 160 valence electrons. The molecule has 3 aromatic rings. The number of ether oxygens (including phenoxy) is 1. The van der Waals surface area contributed by atoms with Gasteiger partial charge in [-0.1, -0.05) is 54.6 Å². The van der Waals surface area contributed by atoms with Gasteiger partial charge in [0, 0.05) is 25.2 Å². The number of carbonyl (C=O) groups excluding carboxylic acids is 1. The van der Waals surface area contributed by atoms with Gasteiger partial charge in [-0.2, -0.15) is 0 Å². The molecule has 6 heteroatoms. The quantitative estimate of drug-likeness (QED) is 0.263. The Balaban J connectivity index is 1.68.